The zero-order valence-corrected chi connectivity index (χ0v) is 10.5. The number of hydrogen-bond donors (Lipinski definition) is 2. The molecule has 0 bridgehead atoms. The summed E-state index contributed by atoms with van der Waals surface area (Å²) >= 11 is 5.95. The van der Waals surface area contributed by atoms with Crippen molar-refractivity contribution in [3.63, 3.8) is 0 Å². The summed E-state index contributed by atoms with van der Waals surface area (Å²) < 4.78 is 10.2. The molecule has 0 radical (unpaired) electrons. The highest BCUT2D eigenvalue weighted by Gasteiger charge is 2.15. The Kier molecular flexibility index (Phi) is 5.06. The van der Waals surface area contributed by atoms with Gasteiger partial charge in [0, 0.05) is 19.2 Å². The molecule has 0 atom stereocenters. The van der Waals surface area contributed by atoms with Gasteiger partial charge in [-0.05, 0) is 6.07 Å². The minimum Gasteiger partial charge on any atom is -0.496 e. The molecule has 0 aliphatic carbocycles. The Labute approximate surface area is 105 Å². The molecule has 1 amide bonds. The minimum atomic E-state index is -0.281. The van der Waals surface area contributed by atoms with Gasteiger partial charge in [0.15, 0.2) is 0 Å². The Morgan fingerprint density at radius 3 is 2.53 bits per heavy atom. The monoisotopic (exact) mass is 258 g/mol. The predicted octanol–water partition coefficient (Wildman–Crippen LogP) is 1.05. The number of nitrogens with one attached hydrogen (secondary N) is 1. The van der Waals surface area contributed by atoms with E-state index < -0.39 is 0 Å². The first-order chi connectivity index (χ1) is 8.13. The van der Waals surface area contributed by atoms with Crippen molar-refractivity contribution in [3.05, 3.63) is 22.7 Å². The first kappa shape index (κ1) is 13.6. The van der Waals surface area contributed by atoms with Gasteiger partial charge >= 0.3 is 0 Å². The van der Waals surface area contributed by atoms with Crippen LogP contribution < -0.4 is 20.5 Å². The molecule has 0 spiro atoms. The summed E-state index contributed by atoms with van der Waals surface area (Å²) in [5.74, 6) is 0.580. The Bertz CT molecular complexity index is 410. The summed E-state index contributed by atoms with van der Waals surface area (Å²) in [5, 5.41) is 3.00. The maximum absolute atomic E-state index is 11.8. The first-order valence-electron chi connectivity index (χ1n) is 5.03. The van der Waals surface area contributed by atoms with E-state index in [1.54, 1.807) is 6.07 Å². The second-order valence-corrected chi connectivity index (χ2v) is 3.64. The van der Waals surface area contributed by atoms with Crippen molar-refractivity contribution in [1.29, 1.82) is 0 Å². The van der Waals surface area contributed by atoms with Gasteiger partial charge in [-0.1, -0.05) is 11.6 Å². The molecular formula is C11H15ClN2O3. The van der Waals surface area contributed by atoms with Crippen molar-refractivity contribution in [2.75, 3.05) is 27.3 Å². The van der Waals surface area contributed by atoms with Crippen LogP contribution >= 0.6 is 11.6 Å². The SMILES string of the molecule is COc1cc(OC)c(C(=O)NCCN)cc1Cl. The van der Waals surface area contributed by atoms with Crippen molar-refractivity contribution in [2.24, 2.45) is 5.73 Å². The van der Waals surface area contributed by atoms with E-state index in [9.17, 15) is 4.79 Å². The lowest BCUT2D eigenvalue weighted by Crippen LogP contribution is -2.29. The van der Waals surface area contributed by atoms with Crippen molar-refractivity contribution in [2.45, 2.75) is 0 Å². The predicted molar refractivity (Wildman–Crippen MR) is 65.9 cm³/mol. The quantitative estimate of drug-likeness (QED) is 0.828. The molecule has 0 aromatic heterocycles. The number of carbonyl (C=O) groups is 1. The van der Waals surface area contributed by atoms with Gasteiger partial charge in [-0.15, -0.1) is 0 Å². The fourth-order valence-electron chi connectivity index (χ4n) is 1.32. The van der Waals surface area contributed by atoms with E-state index in [-0.39, 0.29) is 5.91 Å². The fourth-order valence-corrected chi connectivity index (χ4v) is 1.56. The third-order valence-electron chi connectivity index (χ3n) is 2.15. The van der Waals surface area contributed by atoms with Crippen LogP contribution in [0.2, 0.25) is 5.02 Å². The molecule has 0 fully saturated rings. The Morgan fingerprint density at radius 1 is 1.35 bits per heavy atom. The number of halogens is 1. The third-order valence-corrected chi connectivity index (χ3v) is 2.44. The largest absolute Gasteiger partial charge is 0.496 e. The Balaban J connectivity index is 3.05. The number of carbonyl (C=O) groups excluding carboxylic acids is 1. The van der Waals surface area contributed by atoms with Gasteiger partial charge < -0.3 is 20.5 Å². The molecule has 3 N–H and O–H groups in total. The zero-order chi connectivity index (χ0) is 12.8. The molecule has 0 heterocycles. The molecule has 94 valence electrons. The van der Waals surface area contributed by atoms with Crippen LogP contribution in [0, 0.1) is 0 Å². The van der Waals surface area contributed by atoms with Crippen LogP contribution in [0.1, 0.15) is 10.4 Å². The molecular weight excluding hydrogens is 244 g/mol. The van der Waals surface area contributed by atoms with Gasteiger partial charge in [0.1, 0.15) is 11.5 Å². The molecule has 17 heavy (non-hydrogen) atoms. The minimum absolute atomic E-state index is 0.281. The summed E-state index contributed by atoms with van der Waals surface area (Å²) in [6, 6.07) is 3.07. The van der Waals surface area contributed by atoms with Crippen molar-refractivity contribution >= 4 is 17.5 Å². The fraction of sp³-hybridized carbons (Fsp3) is 0.364. The van der Waals surface area contributed by atoms with Crippen LogP contribution in [-0.4, -0.2) is 33.2 Å². The van der Waals surface area contributed by atoms with Crippen molar-refractivity contribution in [1.82, 2.24) is 5.32 Å². The van der Waals surface area contributed by atoms with Gasteiger partial charge in [-0.25, -0.2) is 0 Å². The summed E-state index contributed by atoms with van der Waals surface area (Å²) in [6.45, 7) is 0.767. The number of rotatable bonds is 5. The van der Waals surface area contributed by atoms with Gasteiger partial charge in [-0.2, -0.15) is 0 Å². The number of nitrogens with two attached hydrogens (primary N) is 1. The third kappa shape index (κ3) is 3.25. The molecule has 1 aromatic carbocycles. The normalized spacial score (nSPS) is 9.88. The Hall–Kier alpha value is -1.46. The number of hydrogen-bond acceptors (Lipinski definition) is 4. The average Bonchev–Trinajstić information content (AvgIpc) is 2.35. The lowest BCUT2D eigenvalue weighted by atomic mass is 10.1. The van der Waals surface area contributed by atoms with Crippen LogP contribution in [0.25, 0.3) is 0 Å². The van der Waals surface area contributed by atoms with Gasteiger partial charge in [-0.3, -0.25) is 4.79 Å². The standard InChI is InChI=1S/C11H15ClN2O3/c1-16-9-6-10(17-2)8(12)5-7(9)11(15)14-4-3-13/h5-6H,3-4,13H2,1-2H3,(H,14,15). The lowest BCUT2D eigenvalue weighted by Gasteiger charge is -2.11. The average molecular weight is 259 g/mol. The molecule has 1 aromatic rings. The van der Waals surface area contributed by atoms with Crippen molar-refractivity contribution in [3.8, 4) is 11.5 Å². The van der Waals surface area contributed by atoms with E-state index in [1.165, 1.54) is 20.3 Å². The van der Waals surface area contributed by atoms with E-state index in [4.69, 9.17) is 26.8 Å². The van der Waals surface area contributed by atoms with Gasteiger partial charge in [0.2, 0.25) is 0 Å². The smallest absolute Gasteiger partial charge is 0.255 e. The number of benzene rings is 1. The topological polar surface area (TPSA) is 73.6 Å². The number of methoxy groups -OCH3 is 2. The molecule has 0 aliphatic heterocycles. The zero-order valence-electron chi connectivity index (χ0n) is 9.75. The second kappa shape index (κ2) is 6.32. The summed E-state index contributed by atoms with van der Waals surface area (Å²) in [7, 11) is 2.97. The summed E-state index contributed by atoms with van der Waals surface area (Å²) in [5.41, 5.74) is 5.66. The van der Waals surface area contributed by atoms with Gasteiger partial charge in [0.25, 0.3) is 5.91 Å². The maximum Gasteiger partial charge on any atom is 0.255 e. The molecule has 1 rings (SSSR count). The molecule has 0 unspecified atom stereocenters. The second-order valence-electron chi connectivity index (χ2n) is 3.23. The first-order valence-corrected chi connectivity index (χ1v) is 5.41. The summed E-state index contributed by atoms with van der Waals surface area (Å²) in [6.07, 6.45) is 0. The van der Waals surface area contributed by atoms with Crippen LogP contribution in [0.4, 0.5) is 0 Å². The highest BCUT2D eigenvalue weighted by Crippen LogP contribution is 2.32. The van der Waals surface area contributed by atoms with Crippen LogP contribution in [0.5, 0.6) is 11.5 Å². The van der Waals surface area contributed by atoms with Crippen LogP contribution in [0.15, 0.2) is 12.1 Å². The van der Waals surface area contributed by atoms with E-state index in [2.05, 4.69) is 5.32 Å². The lowest BCUT2D eigenvalue weighted by molar-refractivity contribution is 0.0951. The van der Waals surface area contributed by atoms with Gasteiger partial charge in [0.05, 0.1) is 24.8 Å². The highest BCUT2D eigenvalue weighted by molar-refractivity contribution is 6.32. The van der Waals surface area contributed by atoms with Crippen LogP contribution in [0.3, 0.4) is 0 Å². The van der Waals surface area contributed by atoms with Crippen molar-refractivity contribution < 1.29 is 14.3 Å². The summed E-state index contributed by atoms with van der Waals surface area (Å²) in [4.78, 5) is 11.8. The Morgan fingerprint density at radius 2 is 2.00 bits per heavy atom. The number of ether oxygens (including phenoxy) is 2. The molecule has 5 nitrogen and oxygen atoms in total. The van der Waals surface area contributed by atoms with E-state index in [0.717, 1.165) is 0 Å². The van der Waals surface area contributed by atoms with E-state index in [0.29, 0.717) is 35.2 Å². The molecule has 0 aliphatic rings. The molecule has 6 heteroatoms. The highest BCUT2D eigenvalue weighted by atomic mass is 35.5. The number of amides is 1. The maximum atomic E-state index is 11.8. The molecule has 0 saturated heterocycles. The van der Waals surface area contributed by atoms with E-state index >= 15 is 0 Å². The van der Waals surface area contributed by atoms with Crippen LogP contribution in [-0.2, 0) is 0 Å². The van der Waals surface area contributed by atoms with E-state index in [1.807, 2.05) is 0 Å². The molecule has 0 saturated carbocycles.